The first-order valence-corrected chi connectivity index (χ1v) is 9.90. The number of rotatable bonds is 3. The summed E-state index contributed by atoms with van der Waals surface area (Å²) in [6.07, 6.45) is 3.82. The highest BCUT2D eigenvalue weighted by Crippen LogP contribution is 2.35. The minimum absolute atomic E-state index is 0.0435. The summed E-state index contributed by atoms with van der Waals surface area (Å²) in [4.78, 5) is 38.6. The van der Waals surface area contributed by atoms with Gasteiger partial charge in [-0.05, 0) is 43.0 Å². The number of amides is 1. The van der Waals surface area contributed by atoms with Gasteiger partial charge in [0, 0.05) is 24.3 Å². The van der Waals surface area contributed by atoms with Gasteiger partial charge in [-0.2, -0.15) is 0 Å². The van der Waals surface area contributed by atoms with Crippen LogP contribution in [0.25, 0.3) is 21.3 Å². The van der Waals surface area contributed by atoms with Crippen LogP contribution in [0.1, 0.15) is 17.7 Å². The Labute approximate surface area is 163 Å². The molecule has 1 unspecified atom stereocenters. The maximum absolute atomic E-state index is 12.1. The zero-order chi connectivity index (χ0) is 19.3. The monoisotopic (exact) mass is 394 g/mol. The third kappa shape index (κ3) is 2.75. The number of aryl methyl sites for hydroxylation is 1. The van der Waals surface area contributed by atoms with Gasteiger partial charge in [0.15, 0.2) is 0 Å². The number of carbonyl (C=O) groups excluding carboxylic acids is 1. The Hall–Kier alpha value is -3.20. The fourth-order valence-electron chi connectivity index (χ4n) is 3.92. The van der Waals surface area contributed by atoms with Gasteiger partial charge in [-0.15, -0.1) is 0 Å². The highest BCUT2D eigenvalue weighted by molar-refractivity contribution is 7.16. The standard InChI is InChI=1S/C19H18N6O2S/c1-20-18(26)9-2-4-12-11(6-9)15-16(21-8-22-17(15)24-12)23-10-3-5-13-14(7-10)28-19(27)25-13/h3,5,7-9H,2,4,6H2,1H3,(H,20,26)(H,25,27)(H2,21,22,23,24). The fraction of sp³-hybridized carbons (Fsp3) is 0.263. The van der Waals surface area contributed by atoms with E-state index in [4.69, 9.17) is 0 Å². The van der Waals surface area contributed by atoms with Gasteiger partial charge in [0.2, 0.25) is 5.91 Å². The average molecular weight is 394 g/mol. The number of nitrogens with zero attached hydrogens (tertiary/aromatic N) is 2. The molecule has 1 atom stereocenters. The Bertz CT molecular complexity index is 1270. The largest absolute Gasteiger partial charge is 0.359 e. The summed E-state index contributed by atoms with van der Waals surface area (Å²) in [5.74, 6) is 0.722. The number of fused-ring (bicyclic) bond motifs is 4. The molecule has 142 valence electrons. The zero-order valence-corrected chi connectivity index (χ0v) is 15.9. The summed E-state index contributed by atoms with van der Waals surface area (Å²) in [5, 5.41) is 7.04. The van der Waals surface area contributed by atoms with Crippen molar-refractivity contribution < 1.29 is 4.79 Å². The van der Waals surface area contributed by atoms with Crippen LogP contribution >= 0.6 is 11.3 Å². The van der Waals surface area contributed by atoms with E-state index in [0.29, 0.717) is 12.2 Å². The van der Waals surface area contributed by atoms with Gasteiger partial charge in [0.25, 0.3) is 0 Å². The highest BCUT2D eigenvalue weighted by Gasteiger charge is 2.28. The molecule has 5 rings (SSSR count). The summed E-state index contributed by atoms with van der Waals surface area (Å²) >= 11 is 1.18. The van der Waals surface area contributed by atoms with Crippen molar-refractivity contribution in [2.75, 3.05) is 12.4 Å². The summed E-state index contributed by atoms with van der Waals surface area (Å²) in [7, 11) is 1.68. The lowest BCUT2D eigenvalue weighted by Gasteiger charge is -2.21. The van der Waals surface area contributed by atoms with Crippen molar-refractivity contribution in [3.8, 4) is 0 Å². The predicted molar refractivity (Wildman–Crippen MR) is 109 cm³/mol. The van der Waals surface area contributed by atoms with Crippen molar-refractivity contribution in [1.82, 2.24) is 25.3 Å². The molecule has 0 bridgehead atoms. The number of carbonyl (C=O) groups is 1. The topological polar surface area (TPSA) is 116 Å². The smallest absolute Gasteiger partial charge is 0.305 e. The van der Waals surface area contributed by atoms with E-state index in [2.05, 4.69) is 30.6 Å². The first-order valence-electron chi connectivity index (χ1n) is 9.08. The highest BCUT2D eigenvalue weighted by atomic mass is 32.1. The Kier molecular flexibility index (Phi) is 3.90. The third-order valence-electron chi connectivity index (χ3n) is 5.28. The van der Waals surface area contributed by atoms with E-state index in [9.17, 15) is 9.59 Å². The molecule has 0 saturated heterocycles. The van der Waals surface area contributed by atoms with Crippen LogP contribution in [0.2, 0.25) is 0 Å². The van der Waals surface area contributed by atoms with Crippen LogP contribution in [0.4, 0.5) is 11.5 Å². The number of aromatic nitrogens is 4. The summed E-state index contributed by atoms with van der Waals surface area (Å²) < 4.78 is 0.885. The molecule has 1 aromatic carbocycles. The molecule has 1 aliphatic carbocycles. The average Bonchev–Trinajstić information content (AvgIpc) is 3.26. The van der Waals surface area contributed by atoms with Crippen LogP contribution in [0.15, 0.2) is 29.3 Å². The lowest BCUT2D eigenvalue weighted by molar-refractivity contribution is -0.124. The Morgan fingerprint density at radius 1 is 1.29 bits per heavy atom. The quantitative estimate of drug-likeness (QED) is 0.426. The number of anilines is 2. The van der Waals surface area contributed by atoms with Gasteiger partial charge in [-0.25, -0.2) is 9.97 Å². The normalized spacial score (nSPS) is 16.2. The van der Waals surface area contributed by atoms with Gasteiger partial charge in [-0.3, -0.25) is 9.59 Å². The first-order chi connectivity index (χ1) is 13.6. The van der Waals surface area contributed by atoms with Crippen LogP contribution in [0, 0.1) is 5.92 Å². The minimum atomic E-state index is -0.0727. The molecule has 8 nitrogen and oxygen atoms in total. The van der Waals surface area contributed by atoms with Crippen LogP contribution in [-0.4, -0.2) is 32.9 Å². The predicted octanol–water partition coefficient (Wildman–Crippen LogP) is 2.46. The van der Waals surface area contributed by atoms with Crippen molar-refractivity contribution in [3.63, 3.8) is 0 Å². The molecule has 0 saturated carbocycles. The number of hydrogen-bond acceptors (Lipinski definition) is 6. The Balaban J connectivity index is 1.57. The zero-order valence-electron chi connectivity index (χ0n) is 15.1. The van der Waals surface area contributed by atoms with E-state index in [-0.39, 0.29) is 16.7 Å². The van der Waals surface area contributed by atoms with Crippen LogP contribution in [0.3, 0.4) is 0 Å². The second-order valence-corrected chi connectivity index (χ2v) is 7.95. The number of aromatic amines is 2. The number of hydrogen-bond donors (Lipinski definition) is 4. The van der Waals surface area contributed by atoms with Crippen LogP contribution in [0.5, 0.6) is 0 Å². The van der Waals surface area contributed by atoms with Gasteiger partial charge in [0.05, 0.1) is 15.6 Å². The molecule has 0 aliphatic heterocycles. The maximum atomic E-state index is 12.1. The van der Waals surface area contributed by atoms with Gasteiger partial charge in [0.1, 0.15) is 17.8 Å². The van der Waals surface area contributed by atoms with E-state index in [1.807, 2.05) is 18.2 Å². The number of thiazole rings is 1. The summed E-state index contributed by atoms with van der Waals surface area (Å²) in [5.41, 5.74) is 4.66. The number of H-pyrrole nitrogens is 2. The van der Waals surface area contributed by atoms with E-state index in [1.54, 1.807) is 7.05 Å². The molecule has 9 heteroatoms. The molecule has 0 radical (unpaired) electrons. The lowest BCUT2D eigenvalue weighted by atomic mass is 9.86. The number of benzene rings is 1. The second kappa shape index (κ2) is 6.45. The SMILES string of the molecule is CNC(=O)C1CCc2[nH]c3ncnc(Nc4ccc5[nH]c(=O)sc5c4)c3c2C1. The molecule has 3 aromatic heterocycles. The van der Waals surface area contributed by atoms with Gasteiger partial charge < -0.3 is 20.6 Å². The van der Waals surface area contributed by atoms with Crippen LogP contribution in [-0.2, 0) is 17.6 Å². The van der Waals surface area contributed by atoms with Crippen molar-refractivity contribution in [3.05, 3.63) is 45.5 Å². The molecule has 28 heavy (non-hydrogen) atoms. The fourth-order valence-corrected chi connectivity index (χ4v) is 4.70. The molecular formula is C19H18N6O2S. The summed E-state index contributed by atoms with van der Waals surface area (Å²) in [6, 6.07) is 5.71. The van der Waals surface area contributed by atoms with Crippen molar-refractivity contribution >= 4 is 50.0 Å². The molecule has 4 N–H and O–H groups in total. The summed E-state index contributed by atoms with van der Waals surface area (Å²) in [6.45, 7) is 0. The third-order valence-corrected chi connectivity index (χ3v) is 6.12. The molecule has 0 spiro atoms. The van der Waals surface area contributed by atoms with Crippen LogP contribution < -0.4 is 15.5 Å². The van der Waals surface area contributed by atoms with Crippen molar-refractivity contribution in [2.24, 2.45) is 5.92 Å². The molecule has 1 aliphatic rings. The molecule has 3 heterocycles. The van der Waals surface area contributed by atoms with Gasteiger partial charge >= 0.3 is 4.87 Å². The Morgan fingerprint density at radius 2 is 2.18 bits per heavy atom. The minimum Gasteiger partial charge on any atom is -0.359 e. The van der Waals surface area contributed by atoms with E-state index >= 15 is 0 Å². The van der Waals surface area contributed by atoms with Gasteiger partial charge in [-0.1, -0.05) is 11.3 Å². The van der Waals surface area contributed by atoms with Crippen molar-refractivity contribution in [1.29, 1.82) is 0 Å². The lowest BCUT2D eigenvalue weighted by Crippen LogP contribution is -2.31. The molecular weight excluding hydrogens is 376 g/mol. The molecule has 1 amide bonds. The van der Waals surface area contributed by atoms with Crippen molar-refractivity contribution in [2.45, 2.75) is 19.3 Å². The molecule has 0 fully saturated rings. The van der Waals surface area contributed by atoms with E-state index < -0.39 is 0 Å². The number of nitrogens with one attached hydrogen (secondary N) is 4. The van der Waals surface area contributed by atoms with E-state index in [0.717, 1.165) is 51.0 Å². The van der Waals surface area contributed by atoms with E-state index in [1.165, 1.54) is 17.7 Å². The molecule has 4 aromatic rings. The Morgan fingerprint density at radius 3 is 3.04 bits per heavy atom. The second-order valence-electron chi connectivity index (χ2n) is 6.93. The first kappa shape index (κ1) is 16.9. The maximum Gasteiger partial charge on any atom is 0.305 e.